The van der Waals surface area contributed by atoms with Crippen LogP contribution in [0.15, 0.2) is 18.9 Å². The molecule has 1 aromatic heterocycles. The van der Waals surface area contributed by atoms with Gasteiger partial charge in [0.05, 0.1) is 5.69 Å². The Labute approximate surface area is 78.4 Å². The van der Waals surface area contributed by atoms with E-state index in [0.717, 1.165) is 12.2 Å². The fourth-order valence-electron chi connectivity index (χ4n) is 1.16. The van der Waals surface area contributed by atoms with Gasteiger partial charge in [-0.15, -0.1) is 6.58 Å². The standard InChI is InChI=1S/C9H16N4/c1-4-5-7(2)11-9-8(10)6-13(3)12-9/h4,6-7H,1,5,10H2,2-3H3,(H,11,12). The second-order valence-corrected chi connectivity index (χ2v) is 3.18. The maximum absolute atomic E-state index is 5.71. The van der Waals surface area contributed by atoms with Crippen molar-refractivity contribution in [3.63, 3.8) is 0 Å². The van der Waals surface area contributed by atoms with Crippen LogP contribution in [0, 0.1) is 0 Å². The molecule has 0 fully saturated rings. The summed E-state index contributed by atoms with van der Waals surface area (Å²) in [4.78, 5) is 0. The Kier molecular flexibility index (Phi) is 2.95. The molecule has 0 aromatic carbocycles. The number of nitrogen functional groups attached to an aromatic ring is 1. The Balaban J connectivity index is 2.62. The topological polar surface area (TPSA) is 55.9 Å². The molecule has 72 valence electrons. The second kappa shape index (κ2) is 3.98. The number of anilines is 2. The Morgan fingerprint density at radius 3 is 3.00 bits per heavy atom. The van der Waals surface area contributed by atoms with Crippen molar-refractivity contribution in [1.29, 1.82) is 0 Å². The van der Waals surface area contributed by atoms with Gasteiger partial charge in [0.15, 0.2) is 5.82 Å². The molecule has 0 saturated heterocycles. The van der Waals surface area contributed by atoms with Crippen molar-refractivity contribution in [2.45, 2.75) is 19.4 Å². The normalized spacial score (nSPS) is 12.5. The van der Waals surface area contributed by atoms with Gasteiger partial charge in [-0.3, -0.25) is 4.68 Å². The third-order valence-electron chi connectivity index (χ3n) is 1.76. The van der Waals surface area contributed by atoms with Gasteiger partial charge in [-0.1, -0.05) is 6.08 Å². The van der Waals surface area contributed by atoms with E-state index in [0.29, 0.717) is 11.7 Å². The molecule has 1 aromatic rings. The number of nitrogens with one attached hydrogen (secondary N) is 1. The average Bonchev–Trinajstić information content (AvgIpc) is 2.30. The van der Waals surface area contributed by atoms with Gasteiger partial charge < -0.3 is 11.1 Å². The summed E-state index contributed by atoms with van der Waals surface area (Å²) in [5, 5.41) is 7.38. The van der Waals surface area contributed by atoms with Gasteiger partial charge in [-0.05, 0) is 13.3 Å². The van der Waals surface area contributed by atoms with E-state index in [2.05, 4.69) is 23.9 Å². The van der Waals surface area contributed by atoms with Crippen LogP contribution in [-0.4, -0.2) is 15.8 Å². The number of aromatic nitrogens is 2. The molecule has 0 amide bonds. The van der Waals surface area contributed by atoms with Gasteiger partial charge >= 0.3 is 0 Å². The van der Waals surface area contributed by atoms with Crippen molar-refractivity contribution in [2.75, 3.05) is 11.1 Å². The van der Waals surface area contributed by atoms with Crippen molar-refractivity contribution in [1.82, 2.24) is 9.78 Å². The number of rotatable bonds is 4. The van der Waals surface area contributed by atoms with Crippen LogP contribution in [0.1, 0.15) is 13.3 Å². The molecule has 0 spiro atoms. The summed E-state index contributed by atoms with van der Waals surface area (Å²) in [6.07, 6.45) is 4.55. The molecule has 0 aliphatic heterocycles. The lowest BCUT2D eigenvalue weighted by atomic mass is 10.2. The van der Waals surface area contributed by atoms with Crippen LogP contribution in [-0.2, 0) is 7.05 Å². The lowest BCUT2D eigenvalue weighted by Gasteiger charge is -2.10. The molecule has 13 heavy (non-hydrogen) atoms. The number of nitrogens with two attached hydrogens (primary N) is 1. The van der Waals surface area contributed by atoms with Crippen molar-refractivity contribution in [2.24, 2.45) is 7.05 Å². The van der Waals surface area contributed by atoms with E-state index in [-0.39, 0.29) is 0 Å². The molecule has 1 unspecified atom stereocenters. The first-order valence-corrected chi connectivity index (χ1v) is 4.30. The predicted molar refractivity (Wildman–Crippen MR) is 55.5 cm³/mol. The van der Waals surface area contributed by atoms with Crippen molar-refractivity contribution in [3.05, 3.63) is 18.9 Å². The highest BCUT2D eigenvalue weighted by atomic mass is 15.3. The highest BCUT2D eigenvalue weighted by molar-refractivity contribution is 5.60. The highest BCUT2D eigenvalue weighted by Crippen LogP contribution is 2.15. The maximum atomic E-state index is 5.71. The van der Waals surface area contributed by atoms with E-state index in [9.17, 15) is 0 Å². The van der Waals surface area contributed by atoms with Gasteiger partial charge in [0, 0.05) is 19.3 Å². The van der Waals surface area contributed by atoms with E-state index in [1.165, 1.54) is 0 Å². The summed E-state index contributed by atoms with van der Waals surface area (Å²) in [6.45, 7) is 5.74. The van der Waals surface area contributed by atoms with Crippen molar-refractivity contribution < 1.29 is 0 Å². The summed E-state index contributed by atoms with van der Waals surface area (Å²) >= 11 is 0. The SMILES string of the molecule is C=CCC(C)Nc1nn(C)cc1N. The number of aryl methyl sites for hydroxylation is 1. The molecule has 3 N–H and O–H groups in total. The Bertz CT molecular complexity index is 290. The average molecular weight is 180 g/mol. The Morgan fingerprint density at radius 1 is 1.85 bits per heavy atom. The molecule has 0 radical (unpaired) electrons. The predicted octanol–water partition coefficient (Wildman–Crippen LogP) is 1.38. The molecule has 1 rings (SSSR count). The minimum absolute atomic E-state index is 0.315. The minimum atomic E-state index is 0.315. The van der Waals surface area contributed by atoms with E-state index < -0.39 is 0 Å². The van der Waals surface area contributed by atoms with E-state index in [1.54, 1.807) is 10.9 Å². The molecule has 1 heterocycles. The van der Waals surface area contributed by atoms with Crippen LogP contribution < -0.4 is 11.1 Å². The monoisotopic (exact) mass is 180 g/mol. The van der Waals surface area contributed by atoms with E-state index >= 15 is 0 Å². The largest absolute Gasteiger partial charge is 0.394 e. The van der Waals surface area contributed by atoms with Crippen LogP contribution in [0.5, 0.6) is 0 Å². The molecule has 0 aliphatic carbocycles. The third kappa shape index (κ3) is 2.50. The third-order valence-corrected chi connectivity index (χ3v) is 1.76. The summed E-state index contributed by atoms with van der Waals surface area (Å²) in [5.41, 5.74) is 6.39. The quantitative estimate of drug-likeness (QED) is 0.688. The zero-order chi connectivity index (χ0) is 9.84. The maximum Gasteiger partial charge on any atom is 0.171 e. The molecule has 0 bridgehead atoms. The highest BCUT2D eigenvalue weighted by Gasteiger charge is 2.06. The van der Waals surface area contributed by atoms with Gasteiger partial charge in [0.25, 0.3) is 0 Å². The van der Waals surface area contributed by atoms with Crippen molar-refractivity contribution in [3.8, 4) is 0 Å². The zero-order valence-electron chi connectivity index (χ0n) is 8.12. The zero-order valence-corrected chi connectivity index (χ0v) is 8.12. The molecular weight excluding hydrogens is 164 g/mol. The number of hydrogen-bond acceptors (Lipinski definition) is 3. The number of hydrogen-bond donors (Lipinski definition) is 2. The van der Waals surface area contributed by atoms with Gasteiger partial charge in [0.2, 0.25) is 0 Å². The second-order valence-electron chi connectivity index (χ2n) is 3.18. The van der Waals surface area contributed by atoms with Gasteiger partial charge in [-0.2, -0.15) is 5.10 Å². The van der Waals surface area contributed by atoms with Gasteiger partial charge in [-0.25, -0.2) is 0 Å². The summed E-state index contributed by atoms with van der Waals surface area (Å²) in [5.74, 6) is 0.747. The lowest BCUT2D eigenvalue weighted by molar-refractivity contribution is 0.751. The fraction of sp³-hybridized carbons (Fsp3) is 0.444. The first-order chi connectivity index (χ1) is 6.13. The van der Waals surface area contributed by atoms with E-state index in [1.807, 2.05) is 13.1 Å². The lowest BCUT2D eigenvalue weighted by Crippen LogP contribution is -2.15. The van der Waals surface area contributed by atoms with Crippen molar-refractivity contribution >= 4 is 11.5 Å². The van der Waals surface area contributed by atoms with E-state index in [4.69, 9.17) is 5.73 Å². The number of nitrogens with zero attached hydrogens (tertiary/aromatic N) is 2. The Morgan fingerprint density at radius 2 is 2.54 bits per heavy atom. The van der Waals surface area contributed by atoms with Crippen LogP contribution in [0.25, 0.3) is 0 Å². The van der Waals surface area contributed by atoms with Gasteiger partial charge in [0.1, 0.15) is 0 Å². The van der Waals surface area contributed by atoms with Crippen LogP contribution in [0.3, 0.4) is 0 Å². The molecule has 4 heteroatoms. The molecule has 1 atom stereocenters. The fourth-order valence-corrected chi connectivity index (χ4v) is 1.16. The first-order valence-electron chi connectivity index (χ1n) is 4.30. The summed E-state index contributed by atoms with van der Waals surface area (Å²) in [6, 6.07) is 0.315. The van der Waals surface area contributed by atoms with Crippen LogP contribution >= 0.6 is 0 Å². The Hall–Kier alpha value is -1.45. The summed E-state index contributed by atoms with van der Waals surface area (Å²) < 4.78 is 1.69. The minimum Gasteiger partial charge on any atom is -0.394 e. The molecule has 4 nitrogen and oxygen atoms in total. The van der Waals surface area contributed by atoms with Crippen LogP contribution in [0.2, 0.25) is 0 Å². The molecule has 0 aliphatic rings. The smallest absolute Gasteiger partial charge is 0.171 e. The molecular formula is C9H16N4. The van der Waals surface area contributed by atoms with Crippen LogP contribution in [0.4, 0.5) is 11.5 Å². The molecule has 0 saturated carbocycles. The summed E-state index contributed by atoms with van der Waals surface area (Å²) in [7, 11) is 1.85. The first kappa shape index (κ1) is 9.64.